The molecule has 3 fully saturated rings. The molecule has 0 aromatic heterocycles. The molecule has 2 saturated carbocycles. The van der Waals surface area contributed by atoms with Gasteiger partial charge < -0.3 is 10.2 Å². The van der Waals surface area contributed by atoms with Crippen molar-refractivity contribution in [3.05, 3.63) is 0 Å². The van der Waals surface area contributed by atoms with Gasteiger partial charge in [0.1, 0.15) is 0 Å². The number of piperidine rings is 1. The smallest absolute Gasteiger partial charge is 0.0121 e. The largest absolute Gasteiger partial charge is 0.314 e. The SMILES string of the molecule is CC1CC(C)(C)CCC1N1CCC(NCC2CC2)CC1. The number of nitrogens with one attached hydrogen (secondary N) is 1. The van der Waals surface area contributed by atoms with Crippen molar-refractivity contribution >= 4 is 0 Å². The van der Waals surface area contributed by atoms with Crippen molar-refractivity contribution in [1.82, 2.24) is 10.2 Å². The quantitative estimate of drug-likeness (QED) is 0.844. The Morgan fingerprint density at radius 3 is 2.35 bits per heavy atom. The van der Waals surface area contributed by atoms with Crippen LogP contribution < -0.4 is 5.32 Å². The second kappa shape index (κ2) is 5.96. The van der Waals surface area contributed by atoms with Crippen LogP contribution in [0.1, 0.15) is 65.7 Å². The van der Waals surface area contributed by atoms with Crippen LogP contribution in [0.2, 0.25) is 0 Å². The van der Waals surface area contributed by atoms with Crippen molar-refractivity contribution in [2.75, 3.05) is 19.6 Å². The van der Waals surface area contributed by atoms with Crippen LogP contribution in [0, 0.1) is 17.3 Å². The summed E-state index contributed by atoms with van der Waals surface area (Å²) in [6, 6.07) is 1.68. The van der Waals surface area contributed by atoms with Crippen LogP contribution in [0.4, 0.5) is 0 Å². The van der Waals surface area contributed by atoms with Gasteiger partial charge in [-0.2, -0.15) is 0 Å². The molecule has 2 heteroatoms. The molecule has 3 aliphatic rings. The molecule has 2 unspecified atom stereocenters. The van der Waals surface area contributed by atoms with E-state index in [2.05, 4.69) is 31.0 Å². The minimum Gasteiger partial charge on any atom is -0.314 e. The van der Waals surface area contributed by atoms with Crippen molar-refractivity contribution in [2.24, 2.45) is 17.3 Å². The molecule has 116 valence electrons. The first-order valence-corrected chi connectivity index (χ1v) is 9.01. The molecule has 0 radical (unpaired) electrons. The molecule has 0 aromatic rings. The van der Waals surface area contributed by atoms with E-state index in [1.54, 1.807) is 0 Å². The van der Waals surface area contributed by atoms with E-state index in [-0.39, 0.29) is 0 Å². The molecule has 0 spiro atoms. The molecule has 0 bridgehead atoms. The van der Waals surface area contributed by atoms with E-state index in [4.69, 9.17) is 0 Å². The Kier molecular flexibility index (Phi) is 4.42. The highest BCUT2D eigenvalue weighted by atomic mass is 15.2. The Morgan fingerprint density at radius 2 is 1.75 bits per heavy atom. The van der Waals surface area contributed by atoms with Crippen LogP contribution in [-0.4, -0.2) is 36.6 Å². The fourth-order valence-electron chi connectivity index (χ4n) is 4.57. The average molecular weight is 278 g/mol. The minimum absolute atomic E-state index is 0.583. The maximum atomic E-state index is 3.80. The zero-order chi connectivity index (χ0) is 14.2. The van der Waals surface area contributed by atoms with Crippen LogP contribution in [-0.2, 0) is 0 Å². The highest BCUT2D eigenvalue weighted by Gasteiger charge is 2.36. The molecule has 2 atom stereocenters. The van der Waals surface area contributed by atoms with Gasteiger partial charge in [-0.3, -0.25) is 0 Å². The molecular formula is C18H34N2. The molecule has 20 heavy (non-hydrogen) atoms. The summed E-state index contributed by atoms with van der Waals surface area (Å²) >= 11 is 0. The zero-order valence-corrected chi connectivity index (χ0v) is 13.8. The maximum Gasteiger partial charge on any atom is 0.0121 e. The van der Waals surface area contributed by atoms with Crippen molar-refractivity contribution in [1.29, 1.82) is 0 Å². The summed E-state index contributed by atoms with van der Waals surface area (Å²) in [4.78, 5) is 2.81. The monoisotopic (exact) mass is 278 g/mol. The first-order chi connectivity index (χ1) is 9.53. The van der Waals surface area contributed by atoms with Gasteiger partial charge in [-0.25, -0.2) is 0 Å². The number of rotatable bonds is 4. The van der Waals surface area contributed by atoms with Crippen LogP contribution in [0.5, 0.6) is 0 Å². The van der Waals surface area contributed by atoms with Crippen LogP contribution in [0.25, 0.3) is 0 Å². The zero-order valence-electron chi connectivity index (χ0n) is 13.8. The average Bonchev–Trinajstić information content (AvgIpc) is 3.20. The van der Waals surface area contributed by atoms with E-state index < -0.39 is 0 Å². The summed E-state index contributed by atoms with van der Waals surface area (Å²) in [5, 5.41) is 3.80. The molecule has 1 aliphatic heterocycles. The van der Waals surface area contributed by atoms with E-state index in [0.29, 0.717) is 5.41 Å². The summed E-state index contributed by atoms with van der Waals surface area (Å²) in [5.41, 5.74) is 0.583. The molecule has 2 aliphatic carbocycles. The Hall–Kier alpha value is -0.0800. The molecule has 1 N–H and O–H groups in total. The molecule has 0 aromatic carbocycles. The fourth-order valence-corrected chi connectivity index (χ4v) is 4.57. The molecule has 3 rings (SSSR count). The molecule has 1 saturated heterocycles. The lowest BCUT2D eigenvalue weighted by Gasteiger charge is -2.46. The maximum absolute atomic E-state index is 3.80. The number of nitrogens with zero attached hydrogens (tertiary/aromatic N) is 1. The van der Waals surface area contributed by atoms with E-state index >= 15 is 0 Å². The van der Waals surface area contributed by atoms with Gasteiger partial charge in [-0.15, -0.1) is 0 Å². The highest BCUT2D eigenvalue weighted by molar-refractivity contribution is 4.91. The molecular weight excluding hydrogens is 244 g/mol. The van der Waals surface area contributed by atoms with Gasteiger partial charge in [0, 0.05) is 12.1 Å². The second-order valence-electron chi connectivity index (χ2n) is 8.61. The van der Waals surface area contributed by atoms with Crippen molar-refractivity contribution in [2.45, 2.75) is 77.8 Å². The summed E-state index contributed by atoms with van der Waals surface area (Å²) in [6.07, 6.45) is 9.95. The predicted molar refractivity (Wildman–Crippen MR) is 85.9 cm³/mol. The molecule has 1 heterocycles. The van der Waals surface area contributed by atoms with Gasteiger partial charge in [0.15, 0.2) is 0 Å². The van der Waals surface area contributed by atoms with Crippen molar-refractivity contribution < 1.29 is 0 Å². The third-order valence-corrected chi connectivity index (χ3v) is 6.04. The van der Waals surface area contributed by atoms with E-state index in [9.17, 15) is 0 Å². The second-order valence-corrected chi connectivity index (χ2v) is 8.61. The van der Waals surface area contributed by atoms with Crippen LogP contribution >= 0.6 is 0 Å². The minimum atomic E-state index is 0.583. The molecule has 0 amide bonds. The van der Waals surface area contributed by atoms with Gasteiger partial charge in [0.25, 0.3) is 0 Å². The van der Waals surface area contributed by atoms with Crippen molar-refractivity contribution in [3.8, 4) is 0 Å². The van der Waals surface area contributed by atoms with Crippen molar-refractivity contribution in [3.63, 3.8) is 0 Å². The predicted octanol–water partition coefficient (Wildman–Crippen LogP) is 3.67. The van der Waals surface area contributed by atoms with Gasteiger partial charge in [0.05, 0.1) is 0 Å². The number of hydrogen-bond donors (Lipinski definition) is 1. The van der Waals surface area contributed by atoms with Gasteiger partial charge >= 0.3 is 0 Å². The lowest BCUT2D eigenvalue weighted by Crippen LogP contribution is -2.51. The topological polar surface area (TPSA) is 15.3 Å². The summed E-state index contributed by atoms with van der Waals surface area (Å²) in [6.45, 7) is 11.3. The first-order valence-electron chi connectivity index (χ1n) is 9.01. The van der Waals surface area contributed by atoms with Gasteiger partial charge in [-0.1, -0.05) is 20.8 Å². The normalized spacial score (nSPS) is 36.1. The number of hydrogen-bond acceptors (Lipinski definition) is 2. The highest BCUT2D eigenvalue weighted by Crippen LogP contribution is 2.41. The Labute approximate surface area is 125 Å². The fraction of sp³-hybridized carbons (Fsp3) is 1.00. The Morgan fingerprint density at radius 1 is 1.05 bits per heavy atom. The summed E-state index contributed by atoms with van der Waals surface area (Å²) in [7, 11) is 0. The van der Waals surface area contributed by atoms with E-state index in [0.717, 1.165) is 23.9 Å². The third kappa shape index (κ3) is 3.76. The molecule has 2 nitrogen and oxygen atoms in total. The third-order valence-electron chi connectivity index (χ3n) is 6.04. The van der Waals surface area contributed by atoms with Gasteiger partial charge in [0.2, 0.25) is 0 Å². The first kappa shape index (κ1) is 14.8. The lowest BCUT2D eigenvalue weighted by molar-refractivity contribution is 0.0421. The Bertz CT molecular complexity index is 313. The van der Waals surface area contributed by atoms with Gasteiger partial charge in [-0.05, 0) is 81.8 Å². The lowest BCUT2D eigenvalue weighted by atomic mass is 9.70. The summed E-state index contributed by atoms with van der Waals surface area (Å²) < 4.78 is 0. The van der Waals surface area contributed by atoms with E-state index in [1.165, 1.54) is 64.6 Å². The number of likely N-dealkylation sites (tertiary alicyclic amines) is 1. The van der Waals surface area contributed by atoms with Crippen LogP contribution in [0.15, 0.2) is 0 Å². The standard InChI is InChI=1S/C18H34N2/c1-14-12-18(2,3)9-6-17(14)20-10-7-16(8-11-20)19-13-15-4-5-15/h14-17,19H,4-13H2,1-3H3. The van der Waals surface area contributed by atoms with Crippen LogP contribution in [0.3, 0.4) is 0 Å². The van der Waals surface area contributed by atoms with E-state index in [1.807, 2.05) is 0 Å². The Balaban J connectivity index is 1.43. The summed E-state index contributed by atoms with van der Waals surface area (Å²) in [5.74, 6) is 1.91.